The molecule has 1 aliphatic carbocycles. The lowest BCUT2D eigenvalue weighted by Gasteiger charge is -2.38. The van der Waals surface area contributed by atoms with Crippen LogP contribution in [0.5, 0.6) is 0 Å². The molecule has 20 heavy (non-hydrogen) atoms. The highest BCUT2D eigenvalue weighted by molar-refractivity contribution is 5.78. The third-order valence-electron chi connectivity index (χ3n) is 4.15. The Labute approximate surface area is 124 Å². The molecular weight excluding hydrogens is 252 g/mol. The van der Waals surface area contributed by atoms with Crippen LogP contribution in [0, 0.1) is 0 Å². The molecule has 4 nitrogen and oxygen atoms in total. The lowest BCUT2D eigenvalue weighted by molar-refractivity contribution is -0.137. The third kappa shape index (κ3) is 5.80. The molecule has 0 aromatic carbocycles. The maximum absolute atomic E-state index is 12.6. The molecule has 0 saturated heterocycles. The summed E-state index contributed by atoms with van der Waals surface area (Å²) in [6.07, 6.45) is 6.53. The standard InChI is InChI=1S/C16H32N2O2/c1-13(2)18(15-8-6-5-7-9-15)16(20)12-17(4)11-10-14(3)19/h13-15,19H,5-12H2,1-4H3. The van der Waals surface area contributed by atoms with Crippen molar-refractivity contribution in [2.75, 3.05) is 20.1 Å². The van der Waals surface area contributed by atoms with Crippen molar-refractivity contribution in [2.45, 2.75) is 77.5 Å². The van der Waals surface area contributed by atoms with Crippen LogP contribution in [0.2, 0.25) is 0 Å². The van der Waals surface area contributed by atoms with E-state index in [0.29, 0.717) is 12.6 Å². The van der Waals surface area contributed by atoms with E-state index in [2.05, 4.69) is 18.7 Å². The van der Waals surface area contributed by atoms with Gasteiger partial charge in [0.2, 0.25) is 5.91 Å². The lowest BCUT2D eigenvalue weighted by atomic mass is 9.93. The minimum absolute atomic E-state index is 0.236. The number of aliphatic hydroxyl groups is 1. The van der Waals surface area contributed by atoms with E-state index in [0.717, 1.165) is 25.8 Å². The van der Waals surface area contributed by atoms with E-state index in [1.165, 1.54) is 19.3 Å². The van der Waals surface area contributed by atoms with Crippen molar-refractivity contribution in [3.63, 3.8) is 0 Å². The van der Waals surface area contributed by atoms with Crippen molar-refractivity contribution in [1.82, 2.24) is 9.80 Å². The van der Waals surface area contributed by atoms with Crippen LogP contribution in [-0.4, -0.2) is 59.1 Å². The molecule has 0 aliphatic heterocycles. The largest absolute Gasteiger partial charge is 0.393 e. The van der Waals surface area contributed by atoms with Gasteiger partial charge in [-0.05, 0) is 47.1 Å². The van der Waals surface area contributed by atoms with E-state index in [1.807, 2.05) is 11.9 Å². The van der Waals surface area contributed by atoms with E-state index < -0.39 is 0 Å². The van der Waals surface area contributed by atoms with Crippen LogP contribution < -0.4 is 0 Å². The Bertz CT molecular complexity index is 286. The van der Waals surface area contributed by atoms with Crippen LogP contribution >= 0.6 is 0 Å². The van der Waals surface area contributed by atoms with Crippen molar-refractivity contribution >= 4 is 5.91 Å². The van der Waals surface area contributed by atoms with E-state index >= 15 is 0 Å². The Morgan fingerprint density at radius 1 is 1.20 bits per heavy atom. The summed E-state index contributed by atoms with van der Waals surface area (Å²) in [5.41, 5.74) is 0. The summed E-state index contributed by atoms with van der Waals surface area (Å²) in [6, 6.07) is 0.706. The quantitative estimate of drug-likeness (QED) is 0.780. The highest BCUT2D eigenvalue weighted by Crippen LogP contribution is 2.24. The molecule has 1 rings (SSSR count). The number of carbonyl (C=O) groups excluding carboxylic acids is 1. The van der Waals surface area contributed by atoms with Crippen LogP contribution in [0.3, 0.4) is 0 Å². The fourth-order valence-electron chi connectivity index (χ4n) is 3.07. The monoisotopic (exact) mass is 284 g/mol. The molecule has 1 fully saturated rings. The van der Waals surface area contributed by atoms with Crippen LogP contribution in [0.4, 0.5) is 0 Å². The second kappa shape index (κ2) is 8.63. The Kier molecular flexibility index (Phi) is 7.52. The van der Waals surface area contributed by atoms with Crippen LogP contribution in [-0.2, 0) is 4.79 Å². The number of hydrogen-bond donors (Lipinski definition) is 1. The molecule has 0 radical (unpaired) electrons. The van der Waals surface area contributed by atoms with Crippen LogP contribution in [0.15, 0.2) is 0 Å². The second-order valence-corrected chi connectivity index (χ2v) is 6.56. The Balaban J connectivity index is 2.51. The summed E-state index contributed by atoms with van der Waals surface area (Å²) < 4.78 is 0. The molecule has 1 N–H and O–H groups in total. The zero-order valence-corrected chi connectivity index (χ0v) is 13.6. The predicted molar refractivity (Wildman–Crippen MR) is 82.6 cm³/mol. The normalized spacial score (nSPS) is 18.6. The molecular formula is C16H32N2O2. The van der Waals surface area contributed by atoms with Gasteiger partial charge < -0.3 is 10.0 Å². The van der Waals surface area contributed by atoms with Gasteiger partial charge in [-0.1, -0.05) is 19.3 Å². The average molecular weight is 284 g/mol. The smallest absolute Gasteiger partial charge is 0.237 e. The van der Waals surface area contributed by atoms with Gasteiger partial charge in [-0.15, -0.1) is 0 Å². The molecule has 0 aromatic rings. The fourth-order valence-corrected chi connectivity index (χ4v) is 3.07. The zero-order chi connectivity index (χ0) is 15.1. The Hall–Kier alpha value is -0.610. The van der Waals surface area contributed by atoms with Gasteiger partial charge in [0.05, 0.1) is 12.6 Å². The maximum Gasteiger partial charge on any atom is 0.237 e. The zero-order valence-electron chi connectivity index (χ0n) is 13.6. The minimum Gasteiger partial charge on any atom is -0.393 e. The fraction of sp³-hybridized carbons (Fsp3) is 0.938. The highest BCUT2D eigenvalue weighted by Gasteiger charge is 2.27. The van der Waals surface area contributed by atoms with E-state index in [-0.39, 0.29) is 18.1 Å². The molecule has 0 heterocycles. The van der Waals surface area contributed by atoms with Crippen molar-refractivity contribution in [3.8, 4) is 0 Å². The molecule has 1 unspecified atom stereocenters. The molecule has 1 saturated carbocycles. The van der Waals surface area contributed by atoms with Gasteiger partial charge >= 0.3 is 0 Å². The molecule has 1 atom stereocenters. The summed E-state index contributed by atoms with van der Waals surface area (Å²) >= 11 is 0. The molecule has 0 bridgehead atoms. The van der Waals surface area contributed by atoms with Crippen molar-refractivity contribution in [1.29, 1.82) is 0 Å². The van der Waals surface area contributed by atoms with Crippen LogP contribution in [0.1, 0.15) is 59.3 Å². The summed E-state index contributed by atoms with van der Waals surface area (Å²) in [5.74, 6) is 0.236. The Morgan fingerprint density at radius 3 is 2.30 bits per heavy atom. The van der Waals surface area contributed by atoms with Crippen molar-refractivity contribution < 1.29 is 9.90 Å². The van der Waals surface area contributed by atoms with Gasteiger partial charge in [-0.2, -0.15) is 0 Å². The molecule has 118 valence electrons. The first-order valence-electron chi connectivity index (χ1n) is 8.09. The average Bonchev–Trinajstić information content (AvgIpc) is 2.37. The van der Waals surface area contributed by atoms with E-state index in [4.69, 9.17) is 0 Å². The van der Waals surface area contributed by atoms with Gasteiger partial charge in [-0.3, -0.25) is 9.69 Å². The third-order valence-corrected chi connectivity index (χ3v) is 4.15. The SMILES string of the molecule is CC(O)CCN(C)CC(=O)N(C(C)C)C1CCCCC1. The summed E-state index contributed by atoms with van der Waals surface area (Å²) in [5, 5.41) is 9.31. The summed E-state index contributed by atoms with van der Waals surface area (Å²) in [7, 11) is 1.96. The topological polar surface area (TPSA) is 43.8 Å². The summed E-state index contributed by atoms with van der Waals surface area (Å²) in [4.78, 5) is 16.7. The number of aliphatic hydroxyl groups excluding tert-OH is 1. The van der Waals surface area contributed by atoms with E-state index in [1.54, 1.807) is 6.92 Å². The van der Waals surface area contributed by atoms with Crippen molar-refractivity contribution in [3.05, 3.63) is 0 Å². The molecule has 0 aromatic heterocycles. The maximum atomic E-state index is 12.6. The molecule has 1 aliphatic rings. The Morgan fingerprint density at radius 2 is 1.80 bits per heavy atom. The molecule has 0 spiro atoms. The molecule has 4 heteroatoms. The van der Waals surface area contributed by atoms with Crippen molar-refractivity contribution in [2.24, 2.45) is 0 Å². The minimum atomic E-state index is -0.299. The van der Waals surface area contributed by atoms with E-state index in [9.17, 15) is 9.90 Å². The summed E-state index contributed by atoms with van der Waals surface area (Å²) in [6.45, 7) is 7.24. The number of rotatable bonds is 7. The van der Waals surface area contributed by atoms with Gasteiger partial charge in [0.1, 0.15) is 0 Å². The lowest BCUT2D eigenvalue weighted by Crippen LogP contribution is -2.49. The second-order valence-electron chi connectivity index (χ2n) is 6.56. The first-order chi connectivity index (χ1) is 9.41. The number of hydrogen-bond acceptors (Lipinski definition) is 3. The number of amides is 1. The number of carbonyl (C=O) groups is 1. The predicted octanol–water partition coefficient (Wildman–Crippen LogP) is 2.26. The van der Waals surface area contributed by atoms with Gasteiger partial charge in [0.15, 0.2) is 0 Å². The first kappa shape index (κ1) is 17.4. The van der Waals surface area contributed by atoms with Gasteiger partial charge in [0.25, 0.3) is 0 Å². The highest BCUT2D eigenvalue weighted by atomic mass is 16.3. The number of likely N-dealkylation sites (N-methyl/N-ethyl adjacent to an activating group) is 1. The molecule has 1 amide bonds. The van der Waals surface area contributed by atoms with Gasteiger partial charge in [-0.25, -0.2) is 0 Å². The van der Waals surface area contributed by atoms with Crippen LogP contribution in [0.25, 0.3) is 0 Å². The van der Waals surface area contributed by atoms with Gasteiger partial charge in [0, 0.05) is 18.6 Å². The first-order valence-corrected chi connectivity index (χ1v) is 8.09. The number of nitrogens with zero attached hydrogens (tertiary/aromatic N) is 2.